The van der Waals surface area contributed by atoms with Crippen molar-refractivity contribution in [1.82, 2.24) is 4.90 Å². The number of methoxy groups -OCH3 is 2. The van der Waals surface area contributed by atoms with E-state index in [1.54, 1.807) is 31.3 Å². The molecule has 1 fully saturated rings. The molecule has 130 valence electrons. The fourth-order valence-corrected chi connectivity index (χ4v) is 2.77. The van der Waals surface area contributed by atoms with Crippen molar-refractivity contribution in [2.45, 2.75) is 12.8 Å². The van der Waals surface area contributed by atoms with Crippen LogP contribution < -0.4 is 14.8 Å². The van der Waals surface area contributed by atoms with Crippen molar-refractivity contribution < 1.29 is 19.0 Å². The summed E-state index contributed by atoms with van der Waals surface area (Å²) in [7, 11) is 3.12. The van der Waals surface area contributed by atoms with Crippen molar-refractivity contribution in [2.75, 3.05) is 45.8 Å². The van der Waals surface area contributed by atoms with Crippen LogP contribution in [0.15, 0.2) is 18.2 Å². The summed E-state index contributed by atoms with van der Waals surface area (Å²) in [6.45, 7) is 2.39. The predicted molar refractivity (Wildman–Crippen MR) is 92.5 cm³/mol. The van der Waals surface area contributed by atoms with Crippen LogP contribution in [-0.4, -0.2) is 51.5 Å². The Hall–Kier alpha value is -2.39. The molecule has 2 rings (SSSR count). The van der Waals surface area contributed by atoms with Gasteiger partial charge in [0.05, 0.1) is 26.5 Å². The molecule has 0 saturated carbocycles. The fourth-order valence-electron chi connectivity index (χ4n) is 2.77. The maximum Gasteiger partial charge on any atom is 0.321 e. The smallest absolute Gasteiger partial charge is 0.321 e. The summed E-state index contributed by atoms with van der Waals surface area (Å²) >= 11 is 0. The Morgan fingerprint density at radius 3 is 2.71 bits per heavy atom. The second-order valence-corrected chi connectivity index (χ2v) is 5.62. The van der Waals surface area contributed by atoms with E-state index in [-0.39, 0.29) is 6.03 Å². The standard InChI is InChI=1S/C18H24N2O4/c1-4-12-24-13-14-8-10-20(11-9-14)18(21)19-15-6-5-7-16(22-2)17(15)23-3/h1,5-7,14H,8-13H2,2-3H3,(H,19,21). The van der Waals surface area contributed by atoms with Gasteiger partial charge in [0.25, 0.3) is 0 Å². The van der Waals surface area contributed by atoms with Crippen LogP contribution in [0.4, 0.5) is 10.5 Å². The number of hydrogen-bond acceptors (Lipinski definition) is 4. The first kappa shape index (κ1) is 18.0. The summed E-state index contributed by atoms with van der Waals surface area (Å²) in [5.41, 5.74) is 0.598. The zero-order valence-electron chi connectivity index (χ0n) is 14.2. The largest absolute Gasteiger partial charge is 0.493 e. The average molecular weight is 332 g/mol. The number of nitrogens with one attached hydrogen (secondary N) is 1. The highest BCUT2D eigenvalue weighted by atomic mass is 16.5. The van der Waals surface area contributed by atoms with E-state index >= 15 is 0 Å². The van der Waals surface area contributed by atoms with Crippen LogP contribution in [0.25, 0.3) is 0 Å². The summed E-state index contributed by atoms with van der Waals surface area (Å²) in [6, 6.07) is 5.26. The Labute approximate surface area is 143 Å². The molecule has 24 heavy (non-hydrogen) atoms. The molecule has 1 aromatic carbocycles. The molecule has 2 amide bonds. The van der Waals surface area contributed by atoms with Gasteiger partial charge in [0.15, 0.2) is 11.5 Å². The molecule has 0 atom stereocenters. The average Bonchev–Trinajstić information content (AvgIpc) is 2.62. The highest BCUT2D eigenvalue weighted by Gasteiger charge is 2.24. The number of piperidine rings is 1. The zero-order chi connectivity index (χ0) is 17.4. The van der Waals surface area contributed by atoms with Crippen LogP contribution >= 0.6 is 0 Å². The number of terminal acetylenes is 1. The number of hydrogen-bond donors (Lipinski definition) is 1. The molecule has 6 nitrogen and oxygen atoms in total. The molecule has 0 aliphatic carbocycles. The van der Waals surface area contributed by atoms with Crippen LogP contribution in [0, 0.1) is 18.3 Å². The third-order valence-corrected chi connectivity index (χ3v) is 4.09. The van der Waals surface area contributed by atoms with Gasteiger partial charge in [-0.25, -0.2) is 4.79 Å². The van der Waals surface area contributed by atoms with Gasteiger partial charge in [-0.15, -0.1) is 6.42 Å². The maximum atomic E-state index is 12.5. The fraction of sp³-hybridized carbons (Fsp3) is 0.500. The van der Waals surface area contributed by atoms with E-state index < -0.39 is 0 Å². The molecule has 1 saturated heterocycles. The molecule has 1 aliphatic rings. The Bertz CT molecular complexity index is 589. The Balaban J connectivity index is 1.89. The molecular formula is C18H24N2O4. The van der Waals surface area contributed by atoms with Crippen LogP contribution in [0.2, 0.25) is 0 Å². The first-order valence-electron chi connectivity index (χ1n) is 7.97. The first-order chi connectivity index (χ1) is 11.7. The number of urea groups is 1. The Morgan fingerprint density at radius 1 is 1.33 bits per heavy atom. The summed E-state index contributed by atoms with van der Waals surface area (Å²) in [6.07, 6.45) is 6.99. The second kappa shape index (κ2) is 9.04. The molecule has 1 aromatic rings. The summed E-state index contributed by atoms with van der Waals surface area (Å²) in [5, 5.41) is 2.90. The number of ether oxygens (including phenoxy) is 3. The normalized spacial score (nSPS) is 14.8. The van der Waals surface area contributed by atoms with Gasteiger partial charge in [0.1, 0.15) is 6.61 Å². The number of benzene rings is 1. The van der Waals surface area contributed by atoms with E-state index in [0.717, 1.165) is 12.8 Å². The van der Waals surface area contributed by atoms with E-state index in [1.807, 2.05) is 6.07 Å². The van der Waals surface area contributed by atoms with Crippen molar-refractivity contribution in [3.8, 4) is 23.8 Å². The van der Waals surface area contributed by atoms with Crippen molar-refractivity contribution in [3.05, 3.63) is 18.2 Å². The molecule has 0 spiro atoms. The van der Waals surface area contributed by atoms with E-state index in [2.05, 4.69) is 11.2 Å². The van der Waals surface area contributed by atoms with Crippen molar-refractivity contribution >= 4 is 11.7 Å². The van der Waals surface area contributed by atoms with Gasteiger partial charge in [-0.1, -0.05) is 12.0 Å². The molecule has 0 unspecified atom stereocenters. The first-order valence-corrected chi connectivity index (χ1v) is 7.97. The monoisotopic (exact) mass is 332 g/mol. The molecule has 1 aliphatic heterocycles. The Kier molecular flexibility index (Phi) is 6.76. The molecule has 1 N–H and O–H groups in total. The number of para-hydroxylation sites is 1. The molecule has 0 bridgehead atoms. The number of carbonyl (C=O) groups excluding carboxylic acids is 1. The lowest BCUT2D eigenvalue weighted by Crippen LogP contribution is -2.41. The van der Waals surface area contributed by atoms with Gasteiger partial charge in [0, 0.05) is 13.1 Å². The topological polar surface area (TPSA) is 60.0 Å². The molecule has 6 heteroatoms. The third kappa shape index (κ3) is 4.56. The minimum absolute atomic E-state index is 0.135. The van der Waals surface area contributed by atoms with Crippen molar-refractivity contribution in [2.24, 2.45) is 5.92 Å². The number of anilines is 1. The second-order valence-electron chi connectivity index (χ2n) is 5.62. The van der Waals surface area contributed by atoms with Crippen LogP contribution in [0.1, 0.15) is 12.8 Å². The number of nitrogens with zero attached hydrogens (tertiary/aromatic N) is 1. The minimum Gasteiger partial charge on any atom is -0.493 e. The van der Waals surface area contributed by atoms with Gasteiger partial charge in [0.2, 0.25) is 0 Å². The lowest BCUT2D eigenvalue weighted by Gasteiger charge is -2.32. The zero-order valence-corrected chi connectivity index (χ0v) is 14.2. The highest BCUT2D eigenvalue weighted by molar-refractivity contribution is 5.91. The quantitative estimate of drug-likeness (QED) is 0.642. The predicted octanol–water partition coefficient (Wildman–Crippen LogP) is 2.60. The summed E-state index contributed by atoms with van der Waals surface area (Å²) in [4.78, 5) is 14.3. The number of rotatable bonds is 6. The van der Waals surface area contributed by atoms with Gasteiger partial charge < -0.3 is 24.4 Å². The lowest BCUT2D eigenvalue weighted by atomic mass is 9.98. The van der Waals surface area contributed by atoms with E-state index in [9.17, 15) is 4.79 Å². The van der Waals surface area contributed by atoms with E-state index in [1.165, 1.54) is 0 Å². The van der Waals surface area contributed by atoms with Crippen LogP contribution in [-0.2, 0) is 4.74 Å². The SMILES string of the molecule is C#CCOCC1CCN(C(=O)Nc2cccc(OC)c2OC)CC1. The van der Waals surface area contributed by atoms with Crippen LogP contribution in [0.5, 0.6) is 11.5 Å². The molecular weight excluding hydrogens is 308 g/mol. The van der Waals surface area contributed by atoms with Crippen molar-refractivity contribution in [1.29, 1.82) is 0 Å². The number of carbonyl (C=O) groups is 1. The van der Waals surface area contributed by atoms with Gasteiger partial charge in [-0.3, -0.25) is 0 Å². The highest BCUT2D eigenvalue weighted by Crippen LogP contribution is 2.35. The van der Waals surface area contributed by atoms with Crippen molar-refractivity contribution in [3.63, 3.8) is 0 Å². The molecule has 0 radical (unpaired) electrons. The maximum absolute atomic E-state index is 12.5. The number of likely N-dealkylation sites (tertiary alicyclic amines) is 1. The van der Waals surface area contributed by atoms with E-state index in [4.69, 9.17) is 20.6 Å². The number of amides is 2. The van der Waals surface area contributed by atoms with Gasteiger partial charge >= 0.3 is 6.03 Å². The summed E-state index contributed by atoms with van der Waals surface area (Å²) in [5.74, 6) is 4.02. The molecule has 1 heterocycles. The van der Waals surface area contributed by atoms with Gasteiger partial charge in [-0.05, 0) is 30.9 Å². The minimum atomic E-state index is -0.135. The Morgan fingerprint density at radius 2 is 2.08 bits per heavy atom. The summed E-state index contributed by atoms with van der Waals surface area (Å²) < 4.78 is 16.0. The van der Waals surface area contributed by atoms with Gasteiger partial charge in [-0.2, -0.15) is 0 Å². The van der Waals surface area contributed by atoms with E-state index in [0.29, 0.717) is 49.4 Å². The molecule has 0 aromatic heterocycles. The van der Waals surface area contributed by atoms with Crippen LogP contribution in [0.3, 0.4) is 0 Å². The lowest BCUT2D eigenvalue weighted by molar-refractivity contribution is 0.0932. The third-order valence-electron chi connectivity index (χ3n) is 4.09.